The van der Waals surface area contributed by atoms with Crippen molar-refractivity contribution in [1.29, 1.82) is 0 Å². The Morgan fingerprint density at radius 2 is 2.08 bits per heavy atom. The number of primary amides is 1. The molecule has 2 saturated heterocycles. The first-order valence-corrected chi connectivity index (χ1v) is 8.36. The fourth-order valence-electron chi connectivity index (χ4n) is 3.84. The summed E-state index contributed by atoms with van der Waals surface area (Å²) in [6, 6.07) is 9.68. The molecule has 1 aromatic carbocycles. The van der Waals surface area contributed by atoms with Crippen LogP contribution in [0.1, 0.15) is 16.9 Å². The fourth-order valence-corrected chi connectivity index (χ4v) is 3.84. The number of aromatic nitrogens is 2. The summed E-state index contributed by atoms with van der Waals surface area (Å²) < 4.78 is 7.30. The number of ether oxygens (including phenoxy) is 1. The van der Waals surface area contributed by atoms with E-state index in [1.807, 2.05) is 34.9 Å². The number of benzene rings is 1. The van der Waals surface area contributed by atoms with Gasteiger partial charge in [0.05, 0.1) is 12.0 Å². The molecule has 0 saturated carbocycles. The van der Waals surface area contributed by atoms with Crippen molar-refractivity contribution in [3.05, 3.63) is 48.5 Å². The summed E-state index contributed by atoms with van der Waals surface area (Å²) in [5, 5.41) is 0. The molecule has 0 aliphatic carbocycles. The van der Waals surface area contributed by atoms with Gasteiger partial charge in [-0.3, -0.25) is 9.59 Å². The molecule has 2 fully saturated rings. The third kappa shape index (κ3) is 2.60. The minimum absolute atomic E-state index is 0.0427. The number of likely N-dealkylation sites (tertiary alicyclic amines) is 1. The van der Waals surface area contributed by atoms with Crippen molar-refractivity contribution < 1.29 is 14.3 Å². The van der Waals surface area contributed by atoms with E-state index in [9.17, 15) is 9.59 Å². The third-order valence-electron chi connectivity index (χ3n) is 5.34. The van der Waals surface area contributed by atoms with Crippen LogP contribution in [0, 0.1) is 11.3 Å². The highest BCUT2D eigenvalue weighted by atomic mass is 16.5. The van der Waals surface area contributed by atoms with Gasteiger partial charge < -0.3 is 19.9 Å². The molecule has 3 heterocycles. The molecular formula is C18H20N4O3. The maximum Gasteiger partial charge on any atom is 0.274 e. The quantitative estimate of drug-likeness (QED) is 0.896. The van der Waals surface area contributed by atoms with E-state index >= 15 is 0 Å². The molecule has 2 atom stereocenters. The maximum absolute atomic E-state index is 12.9. The molecule has 7 nitrogen and oxygen atoms in total. The van der Waals surface area contributed by atoms with E-state index in [1.165, 1.54) is 0 Å². The van der Waals surface area contributed by atoms with Crippen molar-refractivity contribution in [1.82, 2.24) is 14.5 Å². The largest absolute Gasteiger partial charge is 0.381 e. The number of hydrogen-bond donors (Lipinski definition) is 1. The molecule has 0 bridgehead atoms. The second-order valence-electron chi connectivity index (χ2n) is 6.73. The van der Waals surface area contributed by atoms with E-state index in [1.54, 1.807) is 17.4 Å². The van der Waals surface area contributed by atoms with Crippen LogP contribution in [0.5, 0.6) is 0 Å². The molecule has 130 valence electrons. The van der Waals surface area contributed by atoms with E-state index in [0.29, 0.717) is 38.4 Å². The molecule has 2 N–H and O–H groups in total. The summed E-state index contributed by atoms with van der Waals surface area (Å²) in [4.78, 5) is 30.8. The van der Waals surface area contributed by atoms with Gasteiger partial charge in [-0.05, 0) is 18.6 Å². The van der Waals surface area contributed by atoms with Crippen LogP contribution in [0.4, 0.5) is 0 Å². The van der Waals surface area contributed by atoms with Gasteiger partial charge in [0.15, 0.2) is 0 Å². The second-order valence-corrected chi connectivity index (χ2v) is 6.73. The van der Waals surface area contributed by atoms with Crippen molar-refractivity contribution in [3.8, 4) is 5.69 Å². The van der Waals surface area contributed by atoms with Crippen LogP contribution in [0.15, 0.2) is 42.9 Å². The Morgan fingerprint density at radius 1 is 1.28 bits per heavy atom. The van der Waals surface area contributed by atoms with E-state index in [2.05, 4.69) is 4.98 Å². The highest BCUT2D eigenvalue weighted by molar-refractivity contribution is 5.93. The highest BCUT2D eigenvalue weighted by Crippen LogP contribution is 2.42. The lowest BCUT2D eigenvalue weighted by Crippen LogP contribution is -2.48. The summed E-state index contributed by atoms with van der Waals surface area (Å²) in [6.07, 6.45) is 3.90. The van der Waals surface area contributed by atoms with Crippen LogP contribution in [0.3, 0.4) is 0 Å². The van der Waals surface area contributed by atoms with Crippen LogP contribution in [0.2, 0.25) is 0 Å². The summed E-state index contributed by atoms with van der Waals surface area (Å²) in [7, 11) is 0. The lowest BCUT2D eigenvalue weighted by Gasteiger charge is -2.34. The third-order valence-corrected chi connectivity index (χ3v) is 5.34. The van der Waals surface area contributed by atoms with Crippen LogP contribution < -0.4 is 5.73 Å². The number of fused-ring (bicyclic) bond motifs is 1. The van der Waals surface area contributed by atoms with Crippen LogP contribution in [-0.2, 0) is 9.53 Å². The average molecular weight is 340 g/mol. The van der Waals surface area contributed by atoms with Gasteiger partial charge in [-0.1, -0.05) is 18.2 Å². The molecule has 0 spiro atoms. The monoisotopic (exact) mass is 340 g/mol. The number of carbonyl (C=O) groups is 2. The molecule has 2 aromatic rings. The summed E-state index contributed by atoms with van der Waals surface area (Å²) in [5.41, 5.74) is 6.30. The molecule has 0 radical (unpaired) electrons. The Hall–Kier alpha value is -2.67. The standard InChI is InChI=1S/C18H20N4O3/c19-17(24)18-6-7-25-10-13(18)8-21(11-18)16(23)15-9-22(12-20-15)14-4-2-1-3-5-14/h1-5,9,12-13H,6-8,10-11H2,(H2,19,24)/t13-,18+/m1/s1. The van der Waals surface area contributed by atoms with E-state index < -0.39 is 5.41 Å². The van der Waals surface area contributed by atoms with Crippen molar-refractivity contribution in [2.75, 3.05) is 26.3 Å². The van der Waals surface area contributed by atoms with Crippen LogP contribution in [0.25, 0.3) is 5.69 Å². The predicted octanol–water partition coefficient (Wildman–Crippen LogP) is 0.836. The lowest BCUT2D eigenvalue weighted by molar-refractivity contribution is -0.135. The maximum atomic E-state index is 12.9. The number of para-hydroxylation sites is 1. The Balaban J connectivity index is 1.56. The minimum atomic E-state index is -0.671. The number of nitrogens with zero attached hydrogens (tertiary/aromatic N) is 3. The van der Waals surface area contributed by atoms with Gasteiger partial charge in [-0.2, -0.15) is 0 Å². The number of carbonyl (C=O) groups excluding carboxylic acids is 2. The van der Waals surface area contributed by atoms with Crippen molar-refractivity contribution >= 4 is 11.8 Å². The smallest absolute Gasteiger partial charge is 0.274 e. The number of nitrogens with two attached hydrogens (primary N) is 1. The normalized spacial score (nSPS) is 25.6. The number of rotatable bonds is 3. The number of amides is 2. The first-order valence-electron chi connectivity index (χ1n) is 8.36. The average Bonchev–Trinajstić information content (AvgIpc) is 3.27. The predicted molar refractivity (Wildman–Crippen MR) is 90.0 cm³/mol. The fraction of sp³-hybridized carbons (Fsp3) is 0.389. The van der Waals surface area contributed by atoms with E-state index in [-0.39, 0.29) is 17.7 Å². The lowest BCUT2D eigenvalue weighted by atomic mass is 9.74. The van der Waals surface area contributed by atoms with Crippen molar-refractivity contribution in [2.24, 2.45) is 17.1 Å². The molecule has 2 aliphatic heterocycles. The van der Waals surface area contributed by atoms with Gasteiger partial charge in [0, 0.05) is 37.5 Å². The zero-order chi connectivity index (χ0) is 17.4. The molecule has 4 rings (SSSR count). The minimum Gasteiger partial charge on any atom is -0.381 e. The van der Waals surface area contributed by atoms with Crippen molar-refractivity contribution in [2.45, 2.75) is 6.42 Å². The molecule has 25 heavy (non-hydrogen) atoms. The molecule has 1 aromatic heterocycles. The molecule has 7 heteroatoms. The highest BCUT2D eigenvalue weighted by Gasteiger charge is 2.53. The molecular weight excluding hydrogens is 320 g/mol. The Morgan fingerprint density at radius 3 is 2.80 bits per heavy atom. The van der Waals surface area contributed by atoms with Crippen molar-refractivity contribution in [3.63, 3.8) is 0 Å². The molecule has 2 amide bonds. The first kappa shape index (κ1) is 15.8. The SMILES string of the molecule is NC(=O)[C@]12CCOC[C@H]1CN(C(=O)c1cn(-c3ccccc3)cn1)C2. The van der Waals surface area contributed by atoms with Crippen LogP contribution >= 0.6 is 0 Å². The van der Waals surface area contributed by atoms with E-state index in [4.69, 9.17) is 10.5 Å². The van der Waals surface area contributed by atoms with Crippen LogP contribution in [-0.4, -0.2) is 52.6 Å². The zero-order valence-electron chi connectivity index (χ0n) is 13.8. The zero-order valence-corrected chi connectivity index (χ0v) is 13.8. The van der Waals surface area contributed by atoms with E-state index in [0.717, 1.165) is 5.69 Å². The van der Waals surface area contributed by atoms with Gasteiger partial charge in [-0.25, -0.2) is 4.98 Å². The summed E-state index contributed by atoms with van der Waals surface area (Å²) in [6.45, 7) is 1.78. The number of hydrogen-bond acceptors (Lipinski definition) is 4. The Labute approximate surface area is 145 Å². The second kappa shape index (κ2) is 6.00. The van der Waals surface area contributed by atoms with Gasteiger partial charge in [0.25, 0.3) is 5.91 Å². The van der Waals surface area contributed by atoms with Gasteiger partial charge in [0.2, 0.25) is 5.91 Å². The first-order chi connectivity index (χ1) is 12.1. The van der Waals surface area contributed by atoms with Gasteiger partial charge in [-0.15, -0.1) is 0 Å². The van der Waals surface area contributed by atoms with Gasteiger partial charge in [0.1, 0.15) is 12.0 Å². The number of imidazole rings is 1. The molecule has 0 unspecified atom stereocenters. The Bertz CT molecular complexity index is 804. The van der Waals surface area contributed by atoms with Gasteiger partial charge >= 0.3 is 0 Å². The Kier molecular flexibility index (Phi) is 3.80. The summed E-state index contributed by atoms with van der Waals surface area (Å²) >= 11 is 0. The summed E-state index contributed by atoms with van der Waals surface area (Å²) in [5.74, 6) is -0.561. The molecule has 2 aliphatic rings. The topological polar surface area (TPSA) is 90.5 Å².